The minimum Gasteiger partial charge on any atom is -0.492 e. The SMILES string of the molecule is Fc1ccc([B-](F)(F)F)c(OC/C=C/Cl)c1.[K+]. The van der Waals surface area contributed by atoms with Crippen LogP contribution in [0.15, 0.2) is 29.8 Å². The summed E-state index contributed by atoms with van der Waals surface area (Å²) in [5, 5.41) is 0. The zero-order chi connectivity index (χ0) is 12.2. The molecule has 0 radical (unpaired) electrons. The summed E-state index contributed by atoms with van der Waals surface area (Å²) in [5.74, 6) is -1.31. The van der Waals surface area contributed by atoms with E-state index in [9.17, 15) is 17.3 Å². The first kappa shape index (κ1) is 17.5. The van der Waals surface area contributed by atoms with Crippen LogP contribution in [0.2, 0.25) is 0 Å². The first-order valence-corrected chi connectivity index (χ1v) is 4.76. The van der Waals surface area contributed by atoms with Crippen LogP contribution in [-0.2, 0) is 0 Å². The number of hydrogen-bond donors (Lipinski definition) is 0. The number of benzene rings is 1. The van der Waals surface area contributed by atoms with E-state index in [1.807, 2.05) is 0 Å². The molecule has 0 aliphatic carbocycles. The van der Waals surface area contributed by atoms with Crippen molar-refractivity contribution in [1.82, 2.24) is 0 Å². The van der Waals surface area contributed by atoms with Crippen LogP contribution >= 0.6 is 11.6 Å². The average Bonchev–Trinajstić information content (AvgIpc) is 2.16. The van der Waals surface area contributed by atoms with Crippen LogP contribution < -0.4 is 61.6 Å². The first-order chi connectivity index (χ1) is 7.45. The molecule has 0 unspecified atom stereocenters. The summed E-state index contributed by atoms with van der Waals surface area (Å²) in [6, 6.07) is 2.11. The van der Waals surface area contributed by atoms with Gasteiger partial charge in [0.15, 0.2) is 0 Å². The second-order valence-corrected chi connectivity index (χ2v) is 3.18. The Bertz CT molecular complexity index is 397. The molecule has 17 heavy (non-hydrogen) atoms. The molecule has 0 N–H and O–H groups in total. The van der Waals surface area contributed by atoms with E-state index >= 15 is 0 Å². The molecule has 1 rings (SSSR count). The normalized spacial score (nSPS) is 11.4. The predicted octanol–water partition coefficient (Wildman–Crippen LogP) is 0.0154. The van der Waals surface area contributed by atoms with Crippen LogP contribution in [0.5, 0.6) is 5.75 Å². The van der Waals surface area contributed by atoms with Crippen LogP contribution in [0.4, 0.5) is 17.3 Å². The molecular weight excluding hydrogens is 285 g/mol. The van der Waals surface area contributed by atoms with Crippen LogP contribution in [0, 0.1) is 5.82 Å². The summed E-state index contributed by atoms with van der Waals surface area (Å²) in [5.41, 5.74) is 0.155. The van der Waals surface area contributed by atoms with Crippen LogP contribution in [0.1, 0.15) is 0 Å². The topological polar surface area (TPSA) is 9.23 Å². The van der Waals surface area contributed by atoms with Gasteiger partial charge in [-0.05, 0) is 12.1 Å². The summed E-state index contributed by atoms with van der Waals surface area (Å²) < 4.78 is 55.0. The fourth-order valence-corrected chi connectivity index (χ4v) is 1.15. The second-order valence-electron chi connectivity index (χ2n) is 2.93. The Balaban J connectivity index is 0.00000256. The smallest absolute Gasteiger partial charge is 0.492 e. The number of ether oxygens (including phenoxy) is 1. The van der Waals surface area contributed by atoms with Crippen molar-refractivity contribution in [2.24, 2.45) is 0 Å². The molecule has 0 fully saturated rings. The molecule has 0 amide bonds. The molecule has 0 aliphatic heterocycles. The second kappa shape index (κ2) is 7.81. The maximum absolute atomic E-state index is 12.8. The molecule has 0 bridgehead atoms. The molecule has 0 aromatic heterocycles. The molecule has 0 saturated heterocycles. The first-order valence-electron chi connectivity index (χ1n) is 4.32. The van der Waals surface area contributed by atoms with Crippen molar-refractivity contribution >= 4 is 24.0 Å². The molecule has 0 heterocycles. The Morgan fingerprint density at radius 3 is 2.47 bits per heavy atom. The van der Waals surface area contributed by atoms with E-state index in [2.05, 4.69) is 0 Å². The monoisotopic (exact) mass is 292 g/mol. The Hall–Kier alpha value is 0.471. The summed E-state index contributed by atoms with van der Waals surface area (Å²) >= 11 is 5.18. The maximum atomic E-state index is 12.8. The Morgan fingerprint density at radius 1 is 1.29 bits per heavy atom. The maximum Gasteiger partial charge on any atom is 1.00 e. The van der Waals surface area contributed by atoms with Crippen LogP contribution in [0.25, 0.3) is 0 Å². The van der Waals surface area contributed by atoms with Gasteiger partial charge in [-0.2, -0.15) is 0 Å². The molecule has 1 aromatic carbocycles. The summed E-state index contributed by atoms with van der Waals surface area (Å²) in [4.78, 5) is 0. The Morgan fingerprint density at radius 2 is 1.94 bits per heavy atom. The molecule has 0 aliphatic rings. The van der Waals surface area contributed by atoms with Crippen molar-refractivity contribution in [1.29, 1.82) is 0 Å². The van der Waals surface area contributed by atoms with E-state index in [-0.39, 0.29) is 58.0 Å². The number of halogens is 5. The Labute approximate surface area is 144 Å². The minimum atomic E-state index is -5.22. The molecule has 0 saturated carbocycles. The standard InChI is InChI=1S/C9H7BClF4O.K/c11-4-1-5-16-9-6-7(12)2-3-8(9)10(13,14)15;/h1-4,6H,5H2;/q-1;+1/b4-1+;. The van der Waals surface area contributed by atoms with Gasteiger partial charge in [-0.25, -0.2) is 4.39 Å². The largest absolute Gasteiger partial charge is 1.00 e. The van der Waals surface area contributed by atoms with Crippen molar-refractivity contribution in [3.05, 3.63) is 35.6 Å². The van der Waals surface area contributed by atoms with Gasteiger partial charge < -0.3 is 17.7 Å². The molecule has 8 heteroatoms. The minimum absolute atomic E-state index is 0. The summed E-state index contributed by atoms with van der Waals surface area (Å²) in [6.07, 6.45) is 1.31. The third-order valence-corrected chi connectivity index (χ3v) is 1.93. The van der Waals surface area contributed by atoms with E-state index in [1.165, 1.54) is 6.08 Å². The predicted molar refractivity (Wildman–Crippen MR) is 55.6 cm³/mol. The van der Waals surface area contributed by atoms with E-state index in [1.54, 1.807) is 0 Å². The van der Waals surface area contributed by atoms with Crippen molar-refractivity contribution in [3.8, 4) is 5.75 Å². The van der Waals surface area contributed by atoms with Crippen molar-refractivity contribution in [2.45, 2.75) is 0 Å². The van der Waals surface area contributed by atoms with Gasteiger partial charge >= 0.3 is 58.4 Å². The van der Waals surface area contributed by atoms with E-state index < -0.39 is 24.0 Å². The van der Waals surface area contributed by atoms with Gasteiger partial charge in [-0.1, -0.05) is 23.1 Å². The van der Waals surface area contributed by atoms with Crippen LogP contribution in [0.3, 0.4) is 0 Å². The van der Waals surface area contributed by atoms with Crippen molar-refractivity contribution in [3.63, 3.8) is 0 Å². The van der Waals surface area contributed by atoms with Crippen molar-refractivity contribution < 1.29 is 73.5 Å². The number of hydrogen-bond acceptors (Lipinski definition) is 1. The third-order valence-electron chi connectivity index (χ3n) is 1.75. The molecule has 0 spiro atoms. The molecular formula is C9H7BClF4KO. The summed E-state index contributed by atoms with van der Waals surface area (Å²) in [7, 11) is 0. The fraction of sp³-hybridized carbons (Fsp3) is 0.111. The van der Waals surface area contributed by atoms with E-state index in [0.717, 1.165) is 11.6 Å². The average molecular weight is 293 g/mol. The van der Waals surface area contributed by atoms with Gasteiger partial charge in [0.2, 0.25) is 0 Å². The molecule has 1 nitrogen and oxygen atoms in total. The van der Waals surface area contributed by atoms with Crippen molar-refractivity contribution in [2.75, 3.05) is 6.61 Å². The third kappa shape index (κ3) is 5.76. The Kier molecular flexibility index (Phi) is 8.02. The quantitative estimate of drug-likeness (QED) is 0.561. The van der Waals surface area contributed by atoms with E-state index in [0.29, 0.717) is 12.1 Å². The molecule has 0 atom stereocenters. The molecule has 88 valence electrons. The van der Waals surface area contributed by atoms with Gasteiger partial charge in [0.05, 0.1) is 5.75 Å². The van der Waals surface area contributed by atoms with Gasteiger partial charge in [0, 0.05) is 11.6 Å². The van der Waals surface area contributed by atoms with E-state index in [4.69, 9.17) is 16.3 Å². The van der Waals surface area contributed by atoms with Crippen LogP contribution in [-0.4, -0.2) is 13.6 Å². The van der Waals surface area contributed by atoms with Gasteiger partial charge in [-0.3, -0.25) is 0 Å². The fourth-order valence-electron chi connectivity index (χ4n) is 1.08. The van der Waals surface area contributed by atoms with Gasteiger partial charge in [0.1, 0.15) is 12.4 Å². The zero-order valence-corrected chi connectivity index (χ0v) is 12.8. The molecule has 1 aromatic rings. The zero-order valence-electron chi connectivity index (χ0n) is 8.97. The van der Waals surface area contributed by atoms with Gasteiger partial charge in [0.25, 0.3) is 0 Å². The summed E-state index contributed by atoms with van der Waals surface area (Å²) in [6.45, 7) is -5.37. The number of rotatable bonds is 4. The van der Waals surface area contributed by atoms with Gasteiger partial charge in [-0.15, -0.1) is 0 Å².